The SMILES string of the molecule is CC(C)(C)OC(=O)N[C@@H](Cc1ccccc1)[C@H](O)CC(Cc1ccc(-c2ccccn2)cc1)NC(=O)O. The van der Waals surface area contributed by atoms with Gasteiger partial charge < -0.3 is 25.6 Å². The first-order chi connectivity index (χ1) is 17.6. The van der Waals surface area contributed by atoms with Crippen LogP contribution in [0.5, 0.6) is 0 Å². The fourth-order valence-electron chi connectivity index (χ4n) is 4.06. The number of carbonyl (C=O) groups is 2. The molecule has 1 heterocycles. The molecule has 0 spiro atoms. The van der Waals surface area contributed by atoms with Crippen LogP contribution in [0.15, 0.2) is 79.0 Å². The van der Waals surface area contributed by atoms with Gasteiger partial charge in [-0.2, -0.15) is 0 Å². The maximum atomic E-state index is 12.5. The zero-order valence-corrected chi connectivity index (χ0v) is 21.4. The summed E-state index contributed by atoms with van der Waals surface area (Å²) in [4.78, 5) is 28.4. The highest BCUT2D eigenvalue weighted by atomic mass is 16.6. The van der Waals surface area contributed by atoms with E-state index >= 15 is 0 Å². The van der Waals surface area contributed by atoms with Crippen molar-refractivity contribution in [2.75, 3.05) is 0 Å². The molecule has 0 radical (unpaired) electrons. The number of ether oxygens (including phenoxy) is 1. The summed E-state index contributed by atoms with van der Waals surface area (Å²) in [5, 5.41) is 25.9. The van der Waals surface area contributed by atoms with Crippen LogP contribution in [0.1, 0.15) is 38.3 Å². The van der Waals surface area contributed by atoms with Crippen LogP contribution in [0.2, 0.25) is 0 Å². The molecule has 0 aliphatic carbocycles. The van der Waals surface area contributed by atoms with E-state index < -0.39 is 36.0 Å². The van der Waals surface area contributed by atoms with E-state index in [-0.39, 0.29) is 6.42 Å². The number of amides is 2. The van der Waals surface area contributed by atoms with Crippen LogP contribution in [-0.4, -0.2) is 51.2 Å². The van der Waals surface area contributed by atoms with Crippen LogP contribution in [-0.2, 0) is 17.6 Å². The van der Waals surface area contributed by atoms with Gasteiger partial charge in [-0.05, 0) is 63.3 Å². The number of nitrogens with one attached hydrogen (secondary N) is 2. The van der Waals surface area contributed by atoms with Crippen LogP contribution >= 0.6 is 0 Å². The van der Waals surface area contributed by atoms with Gasteiger partial charge in [-0.3, -0.25) is 4.98 Å². The van der Waals surface area contributed by atoms with Gasteiger partial charge in [-0.25, -0.2) is 9.59 Å². The standard InChI is InChI=1S/C29H35N3O5/c1-29(2,3)37-28(36)32-25(18-20-9-5-4-6-10-20)26(33)19-23(31-27(34)35)17-21-12-14-22(15-13-21)24-11-7-8-16-30-24/h4-16,23,25-26,31,33H,17-19H2,1-3H3,(H,32,36)(H,34,35)/t23?,25-,26+/m0/s1. The minimum Gasteiger partial charge on any atom is -0.465 e. The lowest BCUT2D eigenvalue weighted by molar-refractivity contribution is 0.0400. The Balaban J connectivity index is 1.73. The van der Waals surface area contributed by atoms with Crippen molar-refractivity contribution in [2.24, 2.45) is 0 Å². The highest BCUT2D eigenvalue weighted by molar-refractivity contribution is 5.68. The van der Waals surface area contributed by atoms with Gasteiger partial charge in [0.2, 0.25) is 0 Å². The maximum absolute atomic E-state index is 12.5. The fourth-order valence-corrected chi connectivity index (χ4v) is 4.06. The second-order valence-electron chi connectivity index (χ2n) is 10.0. The Kier molecular flexibility index (Phi) is 9.63. The predicted molar refractivity (Wildman–Crippen MR) is 142 cm³/mol. The van der Waals surface area contributed by atoms with Gasteiger partial charge in [0.25, 0.3) is 0 Å². The van der Waals surface area contributed by atoms with Crippen molar-refractivity contribution in [1.82, 2.24) is 15.6 Å². The number of benzene rings is 2. The normalized spacial score (nSPS) is 13.7. The molecule has 1 unspecified atom stereocenters. The molecule has 2 amide bonds. The molecule has 0 aliphatic heterocycles. The third-order valence-electron chi connectivity index (χ3n) is 5.72. The van der Waals surface area contributed by atoms with E-state index in [2.05, 4.69) is 15.6 Å². The van der Waals surface area contributed by atoms with E-state index in [1.807, 2.05) is 72.8 Å². The molecule has 0 aliphatic rings. The molecule has 3 atom stereocenters. The minimum atomic E-state index is -1.18. The largest absolute Gasteiger partial charge is 0.465 e. The first-order valence-electron chi connectivity index (χ1n) is 12.3. The molecule has 0 fully saturated rings. The Morgan fingerprint density at radius 1 is 0.892 bits per heavy atom. The zero-order chi connectivity index (χ0) is 26.8. The van der Waals surface area contributed by atoms with Crippen molar-refractivity contribution in [3.8, 4) is 11.3 Å². The van der Waals surface area contributed by atoms with E-state index in [0.29, 0.717) is 12.8 Å². The van der Waals surface area contributed by atoms with Crippen LogP contribution < -0.4 is 10.6 Å². The smallest absolute Gasteiger partial charge is 0.407 e. The van der Waals surface area contributed by atoms with Gasteiger partial charge in [0.1, 0.15) is 5.60 Å². The Bertz CT molecular complexity index is 1130. The van der Waals surface area contributed by atoms with Crippen molar-refractivity contribution in [3.05, 3.63) is 90.1 Å². The number of carboxylic acid groups (broad SMARTS) is 1. The van der Waals surface area contributed by atoms with Gasteiger partial charge in [0.05, 0.1) is 17.8 Å². The highest BCUT2D eigenvalue weighted by Gasteiger charge is 2.28. The summed E-state index contributed by atoms with van der Waals surface area (Å²) >= 11 is 0. The minimum absolute atomic E-state index is 0.0988. The topological polar surface area (TPSA) is 121 Å². The number of hydrogen-bond acceptors (Lipinski definition) is 5. The summed E-state index contributed by atoms with van der Waals surface area (Å²) in [5.74, 6) is 0. The van der Waals surface area contributed by atoms with Crippen molar-refractivity contribution in [1.29, 1.82) is 0 Å². The molecular formula is C29H35N3O5. The van der Waals surface area contributed by atoms with Gasteiger partial charge in [0, 0.05) is 17.8 Å². The molecular weight excluding hydrogens is 470 g/mol. The number of aliphatic hydroxyl groups is 1. The molecule has 2 aromatic carbocycles. The number of aliphatic hydroxyl groups excluding tert-OH is 1. The van der Waals surface area contributed by atoms with Gasteiger partial charge in [0.15, 0.2) is 0 Å². The third kappa shape index (κ3) is 9.57. The molecule has 196 valence electrons. The number of hydrogen-bond donors (Lipinski definition) is 4. The summed E-state index contributed by atoms with van der Waals surface area (Å²) in [7, 11) is 0. The Morgan fingerprint density at radius 3 is 2.14 bits per heavy atom. The molecule has 1 aromatic heterocycles. The molecule has 0 saturated carbocycles. The van der Waals surface area contributed by atoms with E-state index in [1.54, 1.807) is 27.0 Å². The number of pyridine rings is 1. The monoisotopic (exact) mass is 505 g/mol. The Hall–Kier alpha value is -3.91. The second kappa shape index (κ2) is 12.9. The summed E-state index contributed by atoms with van der Waals surface area (Å²) in [6, 6.07) is 21.6. The van der Waals surface area contributed by atoms with Gasteiger partial charge in [-0.1, -0.05) is 60.7 Å². The van der Waals surface area contributed by atoms with Crippen LogP contribution in [0.3, 0.4) is 0 Å². The quantitative estimate of drug-likeness (QED) is 0.314. The molecule has 8 nitrogen and oxygen atoms in total. The fraction of sp³-hybridized carbons (Fsp3) is 0.345. The summed E-state index contributed by atoms with van der Waals surface area (Å²) in [5.41, 5.74) is 2.94. The van der Waals surface area contributed by atoms with Crippen LogP contribution in [0, 0.1) is 0 Å². The molecule has 3 rings (SSSR count). The van der Waals surface area contributed by atoms with E-state index in [4.69, 9.17) is 4.74 Å². The summed E-state index contributed by atoms with van der Waals surface area (Å²) in [6.45, 7) is 5.30. The Labute approximate surface area is 217 Å². The first kappa shape index (κ1) is 27.7. The molecule has 8 heteroatoms. The van der Waals surface area contributed by atoms with Crippen molar-refractivity contribution in [2.45, 2.75) is 63.8 Å². The third-order valence-corrected chi connectivity index (χ3v) is 5.72. The highest BCUT2D eigenvalue weighted by Crippen LogP contribution is 2.19. The molecule has 0 bridgehead atoms. The number of carbonyl (C=O) groups excluding carboxylic acids is 1. The molecule has 3 aromatic rings. The summed E-state index contributed by atoms with van der Waals surface area (Å²) < 4.78 is 5.39. The molecule has 4 N–H and O–H groups in total. The van der Waals surface area contributed by atoms with Gasteiger partial charge in [-0.15, -0.1) is 0 Å². The number of rotatable bonds is 10. The lowest BCUT2D eigenvalue weighted by atomic mass is 9.93. The second-order valence-corrected chi connectivity index (χ2v) is 10.0. The number of alkyl carbamates (subject to hydrolysis) is 1. The molecule has 37 heavy (non-hydrogen) atoms. The van der Waals surface area contributed by atoms with Crippen LogP contribution in [0.25, 0.3) is 11.3 Å². The average Bonchev–Trinajstić information content (AvgIpc) is 2.84. The van der Waals surface area contributed by atoms with Crippen molar-refractivity contribution >= 4 is 12.2 Å². The Morgan fingerprint density at radius 2 is 1.54 bits per heavy atom. The van der Waals surface area contributed by atoms with Crippen molar-refractivity contribution < 1.29 is 24.5 Å². The zero-order valence-electron chi connectivity index (χ0n) is 21.4. The first-order valence-corrected chi connectivity index (χ1v) is 12.3. The lowest BCUT2D eigenvalue weighted by Crippen LogP contribution is -2.49. The van der Waals surface area contributed by atoms with E-state index in [0.717, 1.165) is 22.4 Å². The van der Waals surface area contributed by atoms with E-state index in [1.165, 1.54) is 0 Å². The maximum Gasteiger partial charge on any atom is 0.407 e. The van der Waals surface area contributed by atoms with Crippen molar-refractivity contribution in [3.63, 3.8) is 0 Å². The molecule has 0 saturated heterocycles. The van der Waals surface area contributed by atoms with Gasteiger partial charge >= 0.3 is 12.2 Å². The number of nitrogens with zero attached hydrogens (tertiary/aromatic N) is 1. The average molecular weight is 506 g/mol. The predicted octanol–water partition coefficient (Wildman–Crippen LogP) is 4.81. The lowest BCUT2D eigenvalue weighted by Gasteiger charge is -2.29. The van der Waals surface area contributed by atoms with E-state index in [9.17, 15) is 19.8 Å². The number of aromatic nitrogens is 1. The summed E-state index contributed by atoms with van der Waals surface area (Å²) in [6.07, 6.45) is -0.286. The van der Waals surface area contributed by atoms with Crippen LogP contribution in [0.4, 0.5) is 9.59 Å².